The van der Waals surface area contributed by atoms with Crippen LogP contribution in [0.3, 0.4) is 0 Å². The molecule has 4 rings (SSSR count). The van der Waals surface area contributed by atoms with Crippen molar-refractivity contribution < 1.29 is 50.0 Å². The Labute approximate surface area is 175 Å². The van der Waals surface area contributed by atoms with Crippen molar-refractivity contribution in [2.24, 2.45) is 11.8 Å². The molecule has 2 aliphatic heterocycles. The highest BCUT2D eigenvalue weighted by molar-refractivity contribution is 4.98. The van der Waals surface area contributed by atoms with Crippen molar-refractivity contribution in [3.63, 3.8) is 0 Å². The van der Waals surface area contributed by atoms with Crippen molar-refractivity contribution in [3.8, 4) is 0 Å². The normalized spacial score (nSPS) is 55.1. The largest absolute Gasteiger partial charge is 0.393 e. The number of aliphatic hydroxyl groups is 7. The zero-order chi connectivity index (χ0) is 21.6. The predicted molar refractivity (Wildman–Crippen MR) is 100 cm³/mol. The Morgan fingerprint density at radius 1 is 0.700 bits per heavy atom. The summed E-state index contributed by atoms with van der Waals surface area (Å²) in [5, 5.41) is 70.5. The zero-order valence-corrected chi connectivity index (χ0v) is 16.8. The van der Waals surface area contributed by atoms with E-state index in [0.717, 1.165) is 0 Å². The van der Waals surface area contributed by atoms with Crippen LogP contribution in [0.4, 0.5) is 0 Å². The Morgan fingerprint density at radius 2 is 1.47 bits per heavy atom. The number of fused-ring (bicyclic) bond motifs is 1. The smallest absolute Gasteiger partial charge is 0.186 e. The maximum atomic E-state index is 10.5. The van der Waals surface area contributed by atoms with E-state index in [2.05, 4.69) is 0 Å². The van der Waals surface area contributed by atoms with E-state index >= 15 is 0 Å². The molecule has 0 radical (unpaired) electrons. The van der Waals surface area contributed by atoms with Crippen molar-refractivity contribution in [2.75, 3.05) is 6.61 Å². The van der Waals surface area contributed by atoms with Gasteiger partial charge in [0, 0.05) is 5.92 Å². The fourth-order valence-electron chi connectivity index (χ4n) is 5.48. The van der Waals surface area contributed by atoms with Crippen LogP contribution in [0.15, 0.2) is 0 Å². The van der Waals surface area contributed by atoms with Gasteiger partial charge in [0.05, 0.1) is 49.3 Å². The van der Waals surface area contributed by atoms with Gasteiger partial charge in [-0.3, -0.25) is 0 Å². The first kappa shape index (κ1) is 22.8. The lowest BCUT2D eigenvalue weighted by molar-refractivity contribution is -0.313. The predicted octanol–water partition coefficient (Wildman–Crippen LogP) is -2.38. The Kier molecular flexibility index (Phi) is 7.00. The van der Waals surface area contributed by atoms with Crippen LogP contribution in [0.5, 0.6) is 0 Å². The van der Waals surface area contributed by atoms with Gasteiger partial charge in [-0.25, -0.2) is 0 Å². The fraction of sp³-hybridized carbons (Fsp3) is 1.00. The van der Waals surface area contributed by atoms with Crippen molar-refractivity contribution in [1.82, 2.24) is 0 Å². The van der Waals surface area contributed by atoms with Gasteiger partial charge in [-0.15, -0.1) is 0 Å². The summed E-state index contributed by atoms with van der Waals surface area (Å²) >= 11 is 0. The SMILES string of the molecule is OC1CC(O)C2CC(O[C@H]3OC[C@H](O)[C@H](O)[C@H]3O)C(C3CCC(O)C(O)C3)OC2C1. The van der Waals surface area contributed by atoms with Crippen LogP contribution in [0, 0.1) is 11.8 Å². The van der Waals surface area contributed by atoms with Gasteiger partial charge in [-0.2, -0.15) is 0 Å². The van der Waals surface area contributed by atoms with Crippen LogP contribution in [-0.2, 0) is 14.2 Å². The minimum atomic E-state index is -1.44. The third kappa shape index (κ3) is 4.54. The summed E-state index contributed by atoms with van der Waals surface area (Å²) in [4.78, 5) is 0. The molecule has 0 spiro atoms. The summed E-state index contributed by atoms with van der Waals surface area (Å²) < 4.78 is 17.7. The molecule has 10 nitrogen and oxygen atoms in total. The summed E-state index contributed by atoms with van der Waals surface area (Å²) in [6.45, 7) is -0.184. The molecule has 10 heteroatoms. The number of hydrogen-bond donors (Lipinski definition) is 7. The van der Waals surface area contributed by atoms with Crippen molar-refractivity contribution in [1.29, 1.82) is 0 Å². The monoisotopic (exact) mass is 434 g/mol. The first-order chi connectivity index (χ1) is 14.2. The summed E-state index contributed by atoms with van der Waals surface area (Å²) in [6.07, 6.45) is -7.31. The third-order valence-corrected chi connectivity index (χ3v) is 7.24. The molecule has 13 atom stereocenters. The van der Waals surface area contributed by atoms with E-state index in [-0.39, 0.29) is 31.0 Å². The molecular weight excluding hydrogens is 400 g/mol. The quantitative estimate of drug-likeness (QED) is 0.255. The molecule has 2 aliphatic carbocycles. The van der Waals surface area contributed by atoms with Crippen LogP contribution in [-0.4, -0.2) is 110 Å². The van der Waals surface area contributed by atoms with Gasteiger partial charge in [0.15, 0.2) is 6.29 Å². The minimum Gasteiger partial charge on any atom is -0.393 e. The second kappa shape index (κ2) is 9.22. The van der Waals surface area contributed by atoms with Gasteiger partial charge in [0.2, 0.25) is 0 Å². The van der Waals surface area contributed by atoms with Crippen LogP contribution in [0.1, 0.15) is 38.5 Å². The molecule has 4 fully saturated rings. The average molecular weight is 434 g/mol. The van der Waals surface area contributed by atoms with Crippen LogP contribution < -0.4 is 0 Å². The molecule has 2 heterocycles. The van der Waals surface area contributed by atoms with Gasteiger partial charge < -0.3 is 50.0 Å². The van der Waals surface area contributed by atoms with Gasteiger partial charge in [0.25, 0.3) is 0 Å². The van der Waals surface area contributed by atoms with E-state index in [0.29, 0.717) is 32.1 Å². The van der Waals surface area contributed by atoms with Crippen LogP contribution in [0.25, 0.3) is 0 Å². The highest BCUT2D eigenvalue weighted by Crippen LogP contribution is 2.43. The number of hydrogen-bond acceptors (Lipinski definition) is 10. The fourth-order valence-corrected chi connectivity index (χ4v) is 5.48. The van der Waals surface area contributed by atoms with Crippen molar-refractivity contribution in [3.05, 3.63) is 0 Å². The van der Waals surface area contributed by atoms with Crippen LogP contribution in [0.2, 0.25) is 0 Å². The summed E-state index contributed by atoms with van der Waals surface area (Å²) in [5.41, 5.74) is 0. The number of ether oxygens (including phenoxy) is 3. The molecule has 0 aromatic heterocycles. The van der Waals surface area contributed by atoms with E-state index in [1.165, 1.54) is 0 Å². The van der Waals surface area contributed by atoms with Gasteiger partial charge >= 0.3 is 0 Å². The summed E-state index contributed by atoms with van der Waals surface area (Å²) in [7, 11) is 0. The Bertz CT molecular complexity index is 578. The second-order valence-corrected chi connectivity index (χ2v) is 9.36. The standard InChI is InChI=1S/C20H34O10/c21-9-4-12(23)10-6-16(30-20-18(27)17(26)14(25)7-28-20)19(29-15(10)5-9)8-1-2-11(22)13(24)3-8/h8-27H,1-7H2/t8?,9?,10?,11?,12?,13?,14-,15?,16?,17-,18+,19?,20+/m0/s1. The minimum absolute atomic E-state index is 0.123. The highest BCUT2D eigenvalue weighted by atomic mass is 16.7. The first-order valence-corrected chi connectivity index (χ1v) is 10.9. The molecule has 30 heavy (non-hydrogen) atoms. The second-order valence-electron chi connectivity index (χ2n) is 9.36. The van der Waals surface area contributed by atoms with Gasteiger partial charge in [-0.05, 0) is 44.4 Å². The molecule has 0 amide bonds. The lowest BCUT2D eigenvalue weighted by atomic mass is 9.72. The third-order valence-electron chi connectivity index (χ3n) is 7.24. The van der Waals surface area contributed by atoms with E-state index in [1.807, 2.05) is 0 Å². The summed E-state index contributed by atoms with van der Waals surface area (Å²) in [6, 6.07) is 0. The molecule has 0 bridgehead atoms. The van der Waals surface area contributed by atoms with E-state index in [4.69, 9.17) is 14.2 Å². The topological polar surface area (TPSA) is 169 Å². The zero-order valence-electron chi connectivity index (χ0n) is 16.8. The first-order valence-electron chi connectivity index (χ1n) is 10.9. The maximum absolute atomic E-state index is 10.5. The lowest BCUT2D eigenvalue weighted by Gasteiger charge is -2.50. The number of aliphatic hydroxyl groups excluding tert-OH is 7. The van der Waals surface area contributed by atoms with Crippen molar-refractivity contribution >= 4 is 0 Å². The molecule has 0 aromatic rings. The molecule has 2 saturated heterocycles. The highest BCUT2D eigenvalue weighted by Gasteiger charge is 2.50. The van der Waals surface area contributed by atoms with Crippen LogP contribution >= 0.6 is 0 Å². The number of rotatable bonds is 3. The Hall–Kier alpha value is -0.400. The maximum Gasteiger partial charge on any atom is 0.186 e. The van der Waals surface area contributed by atoms with Gasteiger partial charge in [0.1, 0.15) is 18.3 Å². The van der Waals surface area contributed by atoms with Gasteiger partial charge in [-0.1, -0.05) is 0 Å². The lowest BCUT2D eigenvalue weighted by Crippen LogP contribution is -2.59. The Balaban J connectivity index is 1.51. The molecular formula is C20H34O10. The molecule has 7 N–H and O–H groups in total. The van der Waals surface area contributed by atoms with E-state index in [1.54, 1.807) is 0 Å². The molecule has 2 saturated carbocycles. The molecule has 174 valence electrons. The molecule has 4 aliphatic rings. The Morgan fingerprint density at radius 3 is 2.20 bits per heavy atom. The van der Waals surface area contributed by atoms with E-state index in [9.17, 15) is 35.7 Å². The summed E-state index contributed by atoms with van der Waals surface area (Å²) in [5.74, 6) is -0.383. The van der Waals surface area contributed by atoms with E-state index < -0.39 is 61.2 Å². The molecule has 0 aromatic carbocycles. The van der Waals surface area contributed by atoms with Crippen molar-refractivity contribution in [2.45, 2.75) is 106 Å². The molecule has 9 unspecified atom stereocenters. The average Bonchev–Trinajstić information content (AvgIpc) is 2.70.